The van der Waals surface area contributed by atoms with Crippen LogP contribution in [-0.4, -0.2) is 66.4 Å². The van der Waals surface area contributed by atoms with Gasteiger partial charge in [0.2, 0.25) is 0 Å². The van der Waals surface area contributed by atoms with Gasteiger partial charge < -0.3 is 23.4 Å². The first-order chi connectivity index (χ1) is 21.5. The number of benzene rings is 1. The summed E-state index contributed by atoms with van der Waals surface area (Å²) < 4.78 is 26.4. The van der Waals surface area contributed by atoms with E-state index >= 15 is 0 Å². The molecule has 1 amide bonds. The zero-order chi connectivity index (χ0) is 31.8. The van der Waals surface area contributed by atoms with Crippen molar-refractivity contribution in [3.8, 4) is 0 Å². The van der Waals surface area contributed by atoms with Gasteiger partial charge in [-0.3, -0.25) is 0 Å². The Morgan fingerprint density at radius 1 is 0.822 bits per heavy atom. The topological polar surface area (TPSA) is 123 Å². The summed E-state index contributed by atoms with van der Waals surface area (Å²) in [5.41, 5.74) is 1.33. The van der Waals surface area contributed by atoms with Gasteiger partial charge >= 0.3 is 49.8 Å². The van der Waals surface area contributed by atoms with Crippen molar-refractivity contribution in [2.24, 2.45) is 5.92 Å². The van der Waals surface area contributed by atoms with Gasteiger partial charge in [0.25, 0.3) is 7.12 Å². The standard InChI is InChI=1S/C21H28NO2.C9H9BN6.2CO.Mo/c1-21(2,17-11-5-3-6-12-17)18-13-7-8-14-19(18)24-20(23)22-15-9-4-10-16-22;1-4-11-14(7-1)10(15-8-2-5-12-15)16-9-3-6-13-16;2*1-2;/h3-6,9-12,18-19H,7-8,13-16H2,1-2H3;1-9H;;;/q;-1;;;+2/t18-,19-;;;;/m1..../s1. The number of amides is 1. The molecule has 1 aromatic carbocycles. The van der Waals surface area contributed by atoms with Crippen LogP contribution in [0.3, 0.4) is 0 Å². The number of carbonyl (C=O) groups excluding carboxylic acids is 1. The first-order valence-electron chi connectivity index (χ1n) is 14.4. The first kappa shape index (κ1) is 37.5. The van der Waals surface area contributed by atoms with Crippen molar-refractivity contribution in [1.82, 2.24) is 34.0 Å². The molecular weight excluding hydrogens is 653 g/mol. The molecule has 0 unspecified atom stereocenters. The van der Waals surface area contributed by atoms with Gasteiger partial charge in [-0.1, -0.05) is 50.6 Å². The average molecular weight is 690 g/mol. The molecule has 45 heavy (non-hydrogen) atoms. The minimum atomic E-state index is -0.194. The van der Waals surface area contributed by atoms with Crippen LogP contribution in [0.25, 0.3) is 0 Å². The fraction of sp³-hybridized carbons (Fsp3) is 0.344. The predicted molar refractivity (Wildman–Crippen MR) is 163 cm³/mol. The number of likely N-dealkylation sites (tertiary alicyclic amines) is 1. The van der Waals surface area contributed by atoms with Gasteiger partial charge in [-0.15, -0.1) is 0 Å². The van der Waals surface area contributed by atoms with Gasteiger partial charge in [-0.25, -0.2) is 20.1 Å². The van der Waals surface area contributed by atoms with Crippen LogP contribution in [0.5, 0.6) is 0 Å². The van der Waals surface area contributed by atoms with Crippen molar-refractivity contribution < 1.29 is 39.9 Å². The van der Waals surface area contributed by atoms with Crippen molar-refractivity contribution in [3.05, 3.63) is 124 Å². The second-order valence-electron chi connectivity index (χ2n) is 10.8. The molecule has 4 radical (unpaired) electrons. The Bertz CT molecular complexity index is 1290. The molecule has 2 aliphatic rings. The van der Waals surface area contributed by atoms with Gasteiger partial charge in [0.1, 0.15) is 6.10 Å². The van der Waals surface area contributed by atoms with E-state index in [1.807, 2.05) is 56.1 Å². The summed E-state index contributed by atoms with van der Waals surface area (Å²) in [5, 5.41) is 12.7. The number of hydrogen-bond acceptors (Lipinski definition) is 5. The Balaban J connectivity index is 0.000000292. The van der Waals surface area contributed by atoms with Crippen LogP contribution in [0.1, 0.15) is 45.1 Å². The Labute approximate surface area is 280 Å². The zero-order valence-electron chi connectivity index (χ0n) is 25.5. The summed E-state index contributed by atoms with van der Waals surface area (Å²) in [7, 11) is -0.194. The van der Waals surface area contributed by atoms with Gasteiger partial charge in [-0.2, -0.15) is 0 Å². The molecule has 232 valence electrons. The molecule has 4 heterocycles. The zero-order valence-corrected chi connectivity index (χ0v) is 27.5. The summed E-state index contributed by atoms with van der Waals surface area (Å²) in [6.45, 7) is 14.9. The first-order valence-corrected chi connectivity index (χ1v) is 14.4. The van der Waals surface area contributed by atoms with E-state index in [9.17, 15) is 4.79 Å². The van der Waals surface area contributed by atoms with Crippen molar-refractivity contribution in [2.45, 2.75) is 51.0 Å². The Morgan fingerprint density at radius 2 is 1.31 bits per heavy atom. The van der Waals surface area contributed by atoms with Crippen molar-refractivity contribution in [1.29, 1.82) is 0 Å². The fourth-order valence-corrected chi connectivity index (χ4v) is 5.66. The van der Waals surface area contributed by atoms with Crippen LogP contribution in [0.15, 0.2) is 85.7 Å². The maximum Gasteiger partial charge on any atom is 2.00 e. The van der Waals surface area contributed by atoms with Crippen LogP contribution in [-0.2, 0) is 40.5 Å². The smallest absolute Gasteiger partial charge is 0.425 e. The molecule has 1 aliphatic heterocycles. The van der Waals surface area contributed by atoms with Gasteiger partial charge in [-0.05, 0) is 86.3 Å². The van der Waals surface area contributed by atoms with Gasteiger partial charge in [0.05, 0.1) is 0 Å². The SMILES string of the molecule is CC(C)(c1ccccc1)[C@@H]1CCCC[C@H]1OC(=O)N1C[CH][CH][CH]C1.[C-]#[O+].[C-]#[O+].[Mo+2].c1cnn([B-](n2cccn2)n2cccn2)c1. The Morgan fingerprint density at radius 3 is 1.78 bits per heavy atom. The minimum Gasteiger partial charge on any atom is -0.425 e. The molecule has 1 saturated carbocycles. The summed E-state index contributed by atoms with van der Waals surface area (Å²) in [6.07, 6.45) is 21.1. The summed E-state index contributed by atoms with van der Waals surface area (Å²) in [5.74, 6) is 0.363. The normalized spacial score (nSPS) is 17.5. The number of piperidine rings is 1. The molecule has 0 N–H and O–H groups in total. The summed E-state index contributed by atoms with van der Waals surface area (Å²) in [4.78, 5) is 14.3. The predicted octanol–water partition coefficient (Wildman–Crippen LogP) is 4.72. The molecule has 1 saturated heterocycles. The third kappa shape index (κ3) is 10.2. The van der Waals surface area contributed by atoms with E-state index < -0.39 is 0 Å². The van der Waals surface area contributed by atoms with Gasteiger partial charge in [0, 0.05) is 37.6 Å². The van der Waals surface area contributed by atoms with Crippen molar-refractivity contribution in [2.75, 3.05) is 13.1 Å². The average Bonchev–Trinajstić information content (AvgIpc) is 3.91. The largest absolute Gasteiger partial charge is 2.00 e. The molecule has 2 atom stereocenters. The molecule has 0 bridgehead atoms. The third-order valence-corrected chi connectivity index (χ3v) is 7.87. The second-order valence-corrected chi connectivity index (χ2v) is 10.8. The van der Waals surface area contributed by atoms with E-state index in [1.54, 1.807) is 37.3 Å². The fourth-order valence-electron chi connectivity index (χ4n) is 5.66. The molecule has 11 nitrogen and oxygen atoms in total. The Hall–Kier alpha value is -3.65. The van der Waals surface area contributed by atoms with E-state index in [0.29, 0.717) is 19.0 Å². The molecule has 13 heteroatoms. The van der Waals surface area contributed by atoms with Gasteiger partial charge in [0.15, 0.2) is 0 Å². The third-order valence-electron chi connectivity index (χ3n) is 7.87. The minimum absolute atomic E-state index is 0. The summed E-state index contributed by atoms with van der Waals surface area (Å²) >= 11 is 0. The molecule has 1 aliphatic carbocycles. The van der Waals surface area contributed by atoms with E-state index in [-0.39, 0.29) is 45.8 Å². The van der Waals surface area contributed by atoms with E-state index in [1.165, 1.54) is 12.0 Å². The van der Waals surface area contributed by atoms with Crippen molar-refractivity contribution >= 4 is 13.2 Å². The number of aromatic nitrogens is 6. The maximum atomic E-state index is 12.5. The molecule has 2 fully saturated rings. The molecule has 6 rings (SSSR count). The van der Waals surface area contributed by atoms with Crippen LogP contribution < -0.4 is 0 Å². The van der Waals surface area contributed by atoms with Crippen LogP contribution in [0, 0.1) is 38.5 Å². The number of hydrogen-bond donors (Lipinski definition) is 0. The van der Waals surface area contributed by atoms with E-state index in [4.69, 9.17) is 14.0 Å². The molecule has 3 aromatic heterocycles. The number of ether oxygens (including phenoxy) is 1. The monoisotopic (exact) mass is 692 g/mol. The van der Waals surface area contributed by atoms with Crippen molar-refractivity contribution in [3.63, 3.8) is 0 Å². The quantitative estimate of drug-likeness (QED) is 0.165. The van der Waals surface area contributed by atoms with E-state index in [0.717, 1.165) is 19.3 Å². The van der Waals surface area contributed by atoms with Crippen LogP contribution >= 0.6 is 0 Å². The van der Waals surface area contributed by atoms with E-state index in [2.05, 4.69) is 72.8 Å². The molecule has 4 aromatic rings. The second kappa shape index (κ2) is 19.7. The van der Waals surface area contributed by atoms with Crippen LogP contribution in [0.4, 0.5) is 4.79 Å². The number of nitrogens with zero attached hydrogens (tertiary/aromatic N) is 7. The van der Waals surface area contributed by atoms with Crippen LogP contribution in [0.2, 0.25) is 0 Å². The molecular formula is C32H37BMoN7O4+. The number of carbonyl (C=O) groups is 1. The maximum absolute atomic E-state index is 12.5. The molecule has 0 spiro atoms. The summed E-state index contributed by atoms with van der Waals surface area (Å²) in [6, 6.07) is 16.3. The number of rotatable bonds is 6. The Kier molecular flexibility index (Phi) is 16.4.